The van der Waals surface area contributed by atoms with Gasteiger partial charge in [-0.05, 0) is 24.8 Å². The molecule has 0 saturated carbocycles. The van der Waals surface area contributed by atoms with Gasteiger partial charge in [-0.15, -0.1) is 10.2 Å². The molecular weight excluding hydrogens is 268 g/mol. The number of aromatic nitrogens is 3. The van der Waals surface area contributed by atoms with E-state index in [9.17, 15) is 4.79 Å². The van der Waals surface area contributed by atoms with E-state index >= 15 is 0 Å². The highest BCUT2D eigenvalue weighted by atomic mass is 16.2. The van der Waals surface area contributed by atoms with Gasteiger partial charge in [-0.25, -0.2) is 0 Å². The van der Waals surface area contributed by atoms with Crippen LogP contribution in [0.15, 0.2) is 35.1 Å². The van der Waals surface area contributed by atoms with E-state index in [1.807, 2.05) is 30.3 Å². The second-order valence-electron chi connectivity index (χ2n) is 4.82. The number of hydrogen-bond donors (Lipinski definition) is 3. The summed E-state index contributed by atoms with van der Waals surface area (Å²) in [6.45, 7) is 0.910. The van der Waals surface area contributed by atoms with Crippen molar-refractivity contribution in [3.63, 3.8) is 0 Å². The van der Waals surface area contributed by atoms with Crippen molar-refractivity contribution in [2.75, 3.05) is 18.5 Å². The maximum atomic E-state index is 11.9. The predicted molar refractivity (Wildman–Crippen MR) is 81.3 cm³/mol. The molecule has 21 heavy (non-hydrogen) atoms. The monoisotopic (exact) mass is 288 g/mol. The number of nitrogens with zero attached hydrogens (tertiary/aromatic N) is 2. The molecule has 0 unspecified atom stereocenters. The first kappa shape index (κ1) is 15.2. The van der Waals surface area contributed by atoms with Crippen molar-refractivity contribution in [3.05, 3.63) is 51.9 Å². The predicted octanol–water partition coefficient (Wildman–Crippen LogP) is 1.33. The molecule has 6 heteroatoms. The van der Waals surface area contributed by atoms with Crippen LogP contribution in [0.4, 0.5) is 5.95 Å². The van der Waals surface area contributed by atoms with E-state index < -0.39 is 0 Å². The molecule has 0 spiro atoms. The van der Waals surface area contributed by atoms with Crippen LogP contribution in [-0.2, 0) is 6.42 Å². The number of H-pyrrole nitrogens is 1. The Morgan fingerprint density at radius 1 is 1.10 bits per heavy atom. The van der Waals surface area contributed by atoms with Crippen LogP contribution in [0.3, 0.4) is 0 Å². The zero-order valence-corrected chi connectivity index (χ0v) is 11.9. The molecule has 0 aliphatic rings. The first-order valence-electron chi connectivity index (χ1n) is 7.14. The van der Waals surface area contributed by atoms with Crippen molar-refractivity contribution in [1.29, 1.82) is 0 Å². The summed E-state index contributed by atoms with van der Waals surface area (Å²) in [7, 11) is 0. The van der Waals surface area contributed by atoms with Crippen LogP contribution in [-0.4, -0.2) is 33.4 Å². The first-order chi connectivity index (χ1) is 10.3. The quantitative estimate of drug-likeness (QED) is 0.637. The van der Waals surface area contributed by atoms with Crippen LogP contribution in [0.25, 0.3) is 0 Å². The second kappa shape index (κ2) is 8.16. The largest absolute Gasteiger partial charge is 0.396 e. The standard InChI is InChI=1S/C15H20N4O2/c20-10-6-2-5-9-16-15-17-14(21)13(18-19-15)11-12-7-3-1-4-8-12/h1,3-4,7-8,20H,2,5-6,9-11H2,(H2,16,17,19,21). The summed E-state index contributed by atoms with van der Waals surface area (Å²) in [6.07, 6.45) is 3.11. The molecule has 0 aliphatic carbocycles. The second-order valence-corrected chi connectivity index (χ2v) is 4.82. The molecule has 0 fully saturated rings. The summed E-state index contributed by atoms with van der Waals surface area (Å²) < 4.78 is 0. The van der Waals surface area contributed by atoms with Gasteiger partial charge in [0, 0.05) is 19.6 Å². The van der Waals surface area contributed by atoms with Crippen LogP contribution < -0.4 is 10.9 Å². The lowest BCUT2D eigenvalue weighted by molar-refractivity contribution is 0.283. The summed E-state index contributed by atoms with van der Waals surface area (Å²) in [6, 6.07) is 9.70. The van der Waals surface area contributed by atoms with E-state index in [0.29, 0.717) is 24.6 Å². The number of benzene rings is 1. The van der Waals surface area contributed by atoms with Gasteiger partial charge in [0.25, 0.3) is 5.56 Å². The summed E-state index contributed by atoms with van der Waals surface area (Å²) in [4.78, 5) is 14.6. The molecular formula is C15H20N4O2. The van der Waals surface area contributed by atoms with E-state index in [0.717, 1.165) is 24.8 Å². The Morgan fingerprint density at radius 3 is 2.62 bits per heavy atom. The van der Waals surface area contributed by atoms with Gasteiger partial charge in [0.05, 0.1) is 0 Å². The van der Waals surface area contributed by atoms with Crippen LogP contribution in [0, 0.1) is 0 Å². The van der Waals surface area contributed by atoms with Crippen molar-refractivity contribution in [3.8, 4) is 0 Å². The average molecular weight is 288 g/mol. The molecule has 0 bridgehead atoms. The Labute approximate surface area is 123 Å². The lowest BCUT2D eigenvalue weighted by atomic mass is 10.1. The third-order valence-corrected chi connectivity index (χ3v) is 3.11. The number of unbranched alkanes of at least 4 members (excludes halogenated alkanes) is 2. The Bertz CT molecular complexity index is 598. The van der Waals surface area contributed by atoms with Gasteiger partial charge in [0.2, 0.25) is 5.95 Å². The topological polar surface area (TPSA) is 90.9 Å². The molecule has 3 N–H and O–H groups in total. The average Bonchev–Trinajstić information content (AvgIpc) is 2.51. The molecule has 0 saturated heterocycles. The highest BCUT2D eigenvalue weighted by Gasteiger charge is 2.05. The molecule has 0 atom stereocenters. The fourth-order valence-electron chi connectivity index (χ4n) is 1.97. The Balaban J connectivity index is 1.90. The summed E-state index contributed by atoms with van der Waals surface area (Å²) >= 11 is 0. The van der Waals surface area contributed by atoms with Crippen LogP contribution in [0.1, 0.15) is 30.5 Å². The normalized spacial score (nSPS) is 10.5. The van der Waals surface area contributed by atoms with Crippen LogP contribution in [0.5, 0.6) is 0 Å². The fourth-order valence-corrected chi connectivity index (χ4v) is 1.97. The van der Waals surface area contributed by atoms with E-state index in [1.54, 1.807) is 0 Å². The third-order valence-electron chi connectivity index (χ3n) is 3.11. The van der Waals surface area contributed by atoms with Gasteiger partial charge in [-0.1, -0.05) is 30.3 Å². The summed E-state index contributed by atoms with van der Waals surface area (Å²) in [5.41, 5.74) is 1.22. The third kappa shape index (κ3) is 5.00. The SMILES string of the molecule is O=c1[nH]c(NCCCCCO)nnc1Cc1ccccc1. The van der Waals surface area contributed by atoms with Crippen molar-refractivity contribution in [2.24, 2.45) is 0 Å². The number of rotatable bonds is 8. The summed E-state index contributed by atoms with van der Waals surface area (Å²) in [5.74, 6) is 0.390. The van der Waals surface area contributed by atoms with E-state index in [-0.39, 0.29) is 12.2 Å². The van der Waals surface area contributed by atoms with Crippen molar-refractivity contribution >= 4 is 5.95 Å². The molecule has 112 valence electrons. The molecule has 0 radical (unpaired) electrons. The lowest BCUT2D eigenvalue weighted by Gasteiger charge is -2.05. The molecule has 6 nitrogen and oxygen atoms in total. The summed E-state index contributed by atoms with van der Waals surface area (Å²) in [5, 5.41) is 19.7. The van der Waals surface area contributed by atoms with Crippen LogP contribution >= 0.6 is 0 Å². The minimum absolute atomic E-state index is 0.213. The number of hydrogen-bond acceptors (Lipinski definition) is 5. The van der Waals surface area contributed by atoms with Gasteiger partial charge in [-0.2, -0.15) is 0 Å². The molecule has 1 aromatic heterocycles. The maximum Gasteiger partial charge on any atom is 0.274 e. The van der Waals surface area contributed by atoms with Crippen molar-refractivity contribution in [1.82, 2.24) is 15.2 Å². The lowest BCUT2D eigenvalue weighted by Crippen LogP contribution is -2.20. The van der Waals surface area contributed by atoms with E-state index in [2.05, 4.69) is 20.5 Å². The zero-order valence-electron chi connectivity index (χ0n) is 11.9. The molecule has 2 rings (SSSR count). The smallest absolute Gasteiger partial charge is 0.274 e. The molecule has 0 aliphatic heterocycles. The Kier molecular flexibility index (Phi) is 5.90. The minimum Gasteiger partial charge on any atom is -0.396 e. The number of anilines is 1. The molecule has 2 aromatic rings. The van der Waals surface area contributed by atoms with E-state index in [4.69, 9.17) is 5.11 Å². The molecule has 1 heterocycles. The number of aliphatic hydroxyl groups is 1. The number of aliphatic hydroxyl groups excluding tert-OH is 1. The molecule has 0 amide bonds. The van der Waals surface area contributed by atoms with Gasteiger partial charge in [0.1, 0.15) is 5.69 Å². The first-order valence-corrected chi connectivity index (χ1v) is 7.14. The molecule has 1 aromatic carbocycles. The Hall–Kier alpha value is -2.21. The van der Waals surface area contributed by atoms with Gasteiger partial charge >= 0.3 is 0 Å². The van der Waals surface area contributed by atoms with Crippen LogP contribution in [0.2, 0.25) is 0 Å². The van der Waals surface area contributed by atoms with Gasteiger partial charge < -0.3 is 10.4 Å². The fraction of sp³-hybridized carbons (Fsp3) is 0.400. The maximum absolute atomic E-state index is 11.9. The minimum atomic E-state index is -0.216. The zero-order chi connectivity index (χ0) is 14.9. The number of nitrogens with one attached hydrogen (secondary N) is 2. The highest BCUT2D eigenvalue weighted by Crippen LogP contribution is 2.03. The van der Waals surface area contributed by atoms with Crippen molar-refractivity contribution in [2.45, 2.75) is 25.7 Å². The van der Waals surface area contributed by atoms with Crippen molar-refractivity contribution < 1.29 is 5.11 Å². The van der Waals surface area contributed by atoms with E-state index in [1.165, 1.54) is 0 Å². The highest BCUT2D eigenvalue weighted by molar-refractivity contribution is 5.24. The Morgan fingerprint density at radius 2 is 1.90 bits per heavy atom. The van der Waals surface area contributed by atoms with Gasteiger partial charge in [0.15, 0.2) is 0 Å². The van der Waals surface area contributed by atoms with Gasteiger partial charge in [-0.3, -0.25) is 9.78 Å². The number of aromatic amines is 1.